The number of aromatic nitrogens is 2. The van der Waals surface area contributed by atoms with Gasteiger partial charge < -0.3 is 9.72 Å². The number of H-pyrrole nitrogens is 1. The average molecular weight is 295 g/mol. The first-order valence-corrected chi connectivity index (χ1v) is 6.75. The van der Waals surface area contributed by atoms with Gasteiger partial charge in [-0.1, -0.05) is 37.7 Å². The first-order valence-electron chi connectivity index (χ1n) is 5.96. The van der Waals surface area contributed by atoms with Gasteiger partial charge in [0, 0.05) is 16.5 Å². The molecule has 0 fully saturated rings. The molecule has 1 heterocycles. The van der Waals surface area contributed by atoms with E-state index in [1.807, 2.05) is 18.2 Å². The minimum atomic E-state index is 0.270. The molecule has 1 aromatic heterocycles. The van der Waals surface area contributed by atoms with E-state index in [1.165, 1.54) is 0 Å². The van der Waals surface area contributed by atoms with Crippen molar-refractivity contribution >= 4 is 23.8 Å². The zero-order chi connectivity index (χ0) is 14.0. The third-order valence-electron chi connectivity index (χ3n) is 2.76. The van der Waals surface area contributed by atoms with Crippen molar-refractivity contribution in [3.63, 3.8) is 0 Å². The Labute approximate surface area is 122 Å². The van der Waals surface area contributed by atoms with Gasteiger partial charge in [0.2, 0.25) is 0 Å². The van der Waals surface area contributed by atoms with E-state index in [4.69, 9.17) is 28.6 Å². The number of rotatable bonds is 3. The first-order chi connectivity index (χ1) is 9.01. The summed E-state index contributed by atoms with van der Waals surface area (Å²) in [6, 6.07) is 7.30. The highest BCUT2D eigenvalue weighted by molar-refractivity contribution is 7.71. The van der Waals surface area contributed by atoms with Crippen molar-refractivity contribution in [2.45, 2.75) is 19.8 Å². The summed E-state index contributed by atoms with van der Waals surface area (Å²) in [4.78, 5) is 7.61. The quantitative estimate of drug-likeness (QED) is 0.841. The fourth-order valence-corrected chi connectivity index (χ4v) is 2.17. The lowest BCUT2D eigenvalue weighted by molar-refractivity contribution is 0.416. The van der Waals surface area contributed by atoms with Crippen molar-refractivity contribution < 1.29 is 4.74 Å². The number of ether oxygens (including phenoxy) is 1. The summed E-state index contributed by atoms with van der Waals surface area (Å²) in [5, 5.41) is 0.651. The molecule has 5 heteroatoms. The van der Waals surface area contributed by atoms with Crippen LogP contribution in [0.2, 0.25) is 5.02 Å². The van der Waals surface area contributed by atoms with Gasteiger partial charge in [0.1, 0.15) is 16.2 Å². The zero-order valence-corrected chi connectivity index (χ0v) is 12.6. The molecular weight excluding hydrogens is 280 g/mol. The number of benzene rings is 1. The molecule has 19 heavy (non-hydrogen) atoms. The first kappa shape index (κ1) is 14.0. The lowest BCUT2D eigenvalue weighted by Crippen LogP contribution is -2.00. The molecule has 0 saturated heterocycles. The molecule has 2 rings (SSSR count). The molecule has 0 radical (unpaired) electrons. The Morgan fingerprint density at radius 1 is 1.32 bits per heavy atom. The molecule has 1 aromatic carbocycles. The van der Waals surface area contributed by atoms with Crippen LogP contribution in [0.4, 0.5) is 0 Å². The maximum Gasteiger partial charge on any atom is 0.130 e. The van der Waals surface area contributed by atoms with Gasteiger partial charge in [0.15, 0.2) is 0 Å². The predicted octanol–water partition coefficient (Wildman–Crippen LogP) is 4.59. The van der Waals surface area contributed by atoms with Crippen molar-refractivity contribution in [3.05, 3.63) is 39.8 Å². The highest BCUT2D eigenvalue weighted by Gasteiger charge is 2.10. The molecule has 1 N–H and O–H groups in total. The Morgan fingerprint density at radius 3 is 2.68 bits per heavy atom. The van der Waals surface area contributed by atoms with E-state index in [0.717, 1.165) is 22.8 Å². The van der Waals surface area contributed by atoms with Crippen molar-refractivity contribution in [3.8, 4) is 17.0 Å². The van der Waals surface area contributed by atoms with E-state index >= 15 is 0 Å². The molecule has 0 unspecified atom stereocenters. The second-order valence-electron chi connectivity index (χ2n) is 4.52. The van der Waals surface area contributed by atoms with Gasteiger partial charge in [-0.25, -0.2) is 4.98 Å². The van der Waals surface area contributed by atoms with Gasteiger partial charge in [-0.3, -0.25) is 0 Å². The van der Waals surface area contributed by atoms with Crippen molar-refractivity contribution in [1.29, 1.82) is 0 Å². The predicted molar refractivity (Wildman–Crippen MR) is 80.5 cm³/mol. The number of halogens is 1. The van der Waals surface area contributed by atoms with Gasteiger partial charge in [-0.2, -0.15) is 0 Å². The van der Waals surface area contributed by atoms with E-state index < -0.39 is 0 Å². The highest BCUT2D eigenvalue weighted by atomic mass is 35.5. The second kappa shape index (κ2) is 5.72. The fraction of sp³-hybridized carbons (Fsp3) is 0.286. The molecule has 0 bridgehead atoms. The van der Waals surface area contributed by atoms with Gasteiger partial charge in [0.05, 0.1) is 12.8 Å². The van der Waals surface area contributed by atoms with Crippen molar-refractivity contribution in [2.24, 2.45) is 0 Å². The Bertz CT molecular complexity index is 652. The fourth-order valence-electron chi connectivity index (χ4n) is 1.79. The number of hydrogen-bond donors (Lipinski definition) is 1. The van der Waals surface area contributed by atoms with Crippen LogP contribution in [-0.2, 0) is 0 Å². The summed E-state index contributed by atoms with van der Waals surface area (Å²) in [5.74, 6) is 1.87. The molecule has 0 amide bonds. The van der Waals surface area contributed by atoms with Crippen molar-refractivity contribution in [2.75, 3.05) is 7.11 Å². The largest absolute Gasteiger partial charge is 0.496 e. The van der Waals surface area contributed by atoms with Crippen LogP contribution in [0.5, 0.6) is 5.75 Å². The maximum atomic E-state index is 6.05. The van der Waals surface area contributed by atoms with Crippen LogP contribution in [0, 0.1) is 4.64 Å². The monoisotopic (exact) mass is 294 g/mol. The summed E-state index contributed by atoms with van der Waals surface area (Å²) in [6.07, 6.45) is 0. The van der Waals surface area contributed by atoms with E-state index in [9.17, 15) is 0 Å². The number of hydrogen-bond acceptors (Lipinski definition) is 3. The third kappa shape index (κ3) is 3.14. The molecule has 100 valence electrons. The SMILES string of the molecule is COc1ccc(Cl)cc1-c1cc(=S)nc(C(C)C)[nH]1. The molecule has 0 atom stereocenters. The average Bonchev–Trinajstić information content (AvgIpc) is 2.37. The minimum absolute atomic E-state index is 0.270. The van der Waals surface area contributed by atoms with Crippen LogP contribution >= 0.6 is 23.8 Å². The minimum Gasteiger partial charge on any atom is -0.496 e. The lowest BCUT2D eigenvalue weighted by atomic mass is 10.1. The van der Waals surface area contributed by atoms with Gasteiger partial charge >= 0.3 is 0 Å². The number of nitrogens with zero attached hydrogens (tertiary/aromatic N) is 1. The van der Waals surface area contributed by atoms with Crippen LogP contribution < -0.4 is 4.74 Å². The maximum absolute atomic E-state index is 6.05. The van der Waals surface area contributed by atoms with Crippen LogP contribution in [0.25, 0.3) is 11.3 Å². The Hall–Kier alpha value is -1.39. The Kier molecular flexibility index (Phi) is 4.22. The molecule has 0 aliphatic heterocycles. The second-order valence-corrected chi connectivity index (χ2v) is 5.37. The molecule has 0 spiro atoms. The molecular formula is C14H15ClN2OS. The highest BCUT2D eigenvalue weighted by Crippen LogP contribution is 2.31. The summed E-state index contributed by atoms with van der Waals surface area (Å²) in [5.41, 5.74) is 1.74. The summed E-state index contributed by atoms with van der Waals surface area (Å²) >= 11 is 11.3. The topological polar surface area (TPSA) is 37.9 Å². The molecule has 2 aromatic rings. The molecule has 3 nitrogen and oxygen atoms in total. The summed E-state index contributed by atoms with van der Waals surface area (Å²) < 4.78 is 5.92. The van der Waals surface area contributed by atoms with E-state index in [0.29, 0.717) is 9.66 Å². The third-order valence-corrected chi connectivity index (χ3v) is 3.20. The number of methoxy groups -OCH3 is 1. The standard InChI is InChI=1S/C14H15ClN2OS/c1-8(2)14-16-11(7-13(19)17-14)10-6-9(15)4-5-12(10)18-3/h4-8H,1-3H3,(H,16,17,19). The normalized spacial score (nSPS) is 10.8. The Balaban J connectivity index is 2.64. The van der Waals surface area contributed by atoms with Crippen molar-refractivity contribution in [1.82, 2.24) is 9.97 Å². The summed E-state index contributed by atoms with van der Waals surface area (Å²) in [6.45, 7) is 4.12. The van der Waals surface area contributed by atoms with E-state index in [-0.39, 0.29) is 5.92 Å². The van der Waals surface area contributed by atoms with Crippen LogP contribution in [0.3, 0.4) is 0 Å². The van der Waals surface area contributed by atoms with Gasteiger partial charge in [-0.05, 0) is 24.3 Å². The smallest absolute Gasteiger partial charge is 0.130 e. The van der Waals surface area contributed by atoms with Crippen LogP contribution in [0.1, 0.15) is 25.6 Å². The van der Waals surface area contributed by atoms with Crippen LogP contribution in [0.15, 0.2) is 24.3 Å². The van der Waals surface area contributed by atoms with Gasteiger partial charge in [-0.15, -0.1) is 0 Å². The number of nitrogens with one attached hydrogen (secondary N) is 1. The summed E-state index contributed by atoms with van der Waals surface area (Å²) in [7, 11) is 1.63. The number of aromatic amines is 1. The molecule has 0 aliphatic carbocycles. The van der Waals surface area contributed by atoms with Gasteiger partial charge in [0.25, 0.3) is 0 Å². The Morgan fingerprint density at radius 2 is 2.05 bits per heavy atom. The van der Waals surface area contributed by atoms with Crippen LogP contribution in [-0.4, -0.2) is 17.1 Å². The lowest BCUT2D eigenvalue weighted by Gasteiger charge is -2.12. The van der Waals surface area contributed by atoms with E-state index in [2.05, 4.69) is 23.8 Å². The zero-order valence-electron chi connectivity index (χ0n) is 11.0. The molecule has 0 saturated carbocycles. The molecule has 0 aliphatic rings. The van der Waals surface area contributed by atoms with E-state index in [1.54, 1.807) is 13.2 Å².